The molecule has 0 saturated heterocycles. The largest absolute Gasteiger partial charge is 0.381 e. The number of aromatic nitrogens is 4. The molecule has 1 atom stereocenters. The Morgan fingerprint density at radius 2 is 2.10 bits per heavy atom. The van der Waals surface area contributed by atoms with E-state index in [1.807, 2.05) is 42.7 Å². The van der Waals surface area contributed by atoms with Crippen molar-refractivity contribution in [3.8, 4) is 0 Å². The highest BCUT2D eigenvalue weighted by Crippen LogP contribution is 2.12. The van der Waals surface area contributed by atoms with Gasteiger partial charge in [-0.2, -0.15) is 5.10 Å². The number of aliphatic hydroxyl groups excluding tert-OH is 1. The van der Waals surface area contributed by atoms with Gasteiger partial charge in [0.25, 0.3) is 0 Å². The van der Waals surface area contributed by atoms with Crippen molar-refractivity contribution in [1.82, 2.24) is 19.7 Å². The molecule has 2 heterocycles. The predicted octanol–water partition coefficient (Wildman–Crippen LogP) is 2.40. The molecule has 2 aromatic heterocycles. The second-order valence-corrected chi connectivity index (χ2v) is 4.78. The molecule has 0 bridgehead atoms. The molecule has 0 aliphatic carbocycles. The first-order chi connectivity index (χ1) is 10.3. The number of H-pyrrole nitrogens is 1. The van der Waals surface area contributed by atoms with Crippen LogP contribution < -0.4 is 0 Å². The molecule has 5 nitrogen and oxygen atoms in total. The molecule has 3 rings (SSSR count). The molecule has 0 aliphatic heterocycles. The minimum Gasteiger partial charge on any atom is -0.381 e. The maximum Gasteiger partial charge on any atom is 0.157 e. The van der Waals surface area contributed by atoms with Crippen molar-refractivity contribution in [3.05, 3.63) is 78.1 Å². The summed E-state index contributed by atoms with van der Waals surface area (Å²) in [6.45, 7) is 0.833. The van der Waals surface area contributed by atoms with E-state index >= 15 is 0 Å². The van der Waals surface area contributed by atoms with E-state index in [0.717, 1.165) is 12.1 Å². The monoisotopic (exact) mass is 280 g/mol. The summed E-state index contributed by atoms with van der Waals surface area (Å²) in [7, 11) is 0. The van der Waals surface area contributed by atoms with Crippen molar-refractivity contribution in [2.24, 2.45) is 0 Å². The zero-order valence-electron chi connectivity index (χ0n) is 11.4. The van der Waals surface area contributed by atoms with Crippen LogP contribution in [0.3, 0.4) is 0 Å². The number of aliphatic hydroxyl groups is 1. The Kier molecular flexibility index (Phi) is 3.93. The van der Waals surface area contributed by atoms with Crippen LogP contribution in [0.1, 0.15) is 23.1 Å². The van der Waals surface area contributed by atoms with E-state index in [2.05, 4.69) is 31.9 Å². The molecule has 106 valence electrons. The van der Waals surface area contributed by atoms with Crippen LogP contribution in [0.5, 0.6) is 0 Å². The Morgan fingerprint density at radius 3 is 2.86 bits per heavy atom. The van der Waals surface area contributed by atoms with E-state index in [1.54, 1.807) is 6.08 Å². The van der Waals surface area contributed by atoms with Crippen molar-refractivity contribution in [2.45, 2.75) is 12.6 Å². The van der Waals surface area contributed by atoms with E-state index in [4.69, 9.17) is 0 Å². The van der Waals surface area contributed by atoms with E-state index in [-0.39, 0.29) is 0 Å². The first-order valence-corrected chi connectivity index (χ1v) is 6.72. The van der Waals surface area contributed by atoms with E-state index < -0.39 is 6.10 Å². The summed E-state index contributed by atoms with van der Waals surface area (Å²) < 4.78 is 2.11. The Hall–Kier alpha value is -2.66. The van der Waals surface area contributed by atoms with Gasteiger partial charge in [0.1, 0.15) is 12.4 Å². The average molecular weight is 280 g/mol. The van der Waals surface area contributed by atoms with E-state index in [1.165, 1.54) is 11.9 Å². The van der Waals surface area contributed by atoms with Crippen LogP contribution in [0.2, 0.25) is 0 Å². The van der Waals surface area contributed by atoms with Crippen LogP contribution in [0, 0.1) is 0 Å². The minimum absolute atomic E-state index is 0.440. The molecule has 21 heavy (non-hydrogen) atoms. The number of nitrogens with zero attached hydrogens (tertiary/aromatic N) is 3. The molecule has 2 N–H and O–H groups in total. The lowest BCUT2D eigenvalue weighted by atomic mass is 10.2. The molecule has 1 aromatic carbocycles. The van der Waals surface area contributed by atoms with Crippen LogP contribution in [-0.2, 0) is 6.54 Å². The smallest absolute Gasteiger partial charge is 0.157 e. The number of benzene rings is 1. The molecule has 0 amide bonds. The van der Waals surface area contributed by atoms with Gasteiger partial charge in [-0.3, -0.25) is 5.10 Å². The van der Waals surface area contributed by atoms with Gasteiger partial charge in [0, 0.05) is 18.9 Å². The van der Waals surface area contributed by atoms with Gasteiger partial charge in [-0.15, -0.1) is 0 Å². The highest BCUT2D eigenvalue weighted by molar-refractivity contribution is 5.49. The first kappa shape index (κ1) is 13.3. The summed E-state index contributed by atoms with van der Waals surface area (Å²) in [6.07, 6.45) is 8.22. The zero-order valence-corrected chi connectivity index (χ0v) is 11.4. The summed E-state index contributed by atoms with van der Waals surface area (Å²) >= 11 is 0. The molecule has 0 fully saturated rings. The summed E-state index contributed by atoms with van der Waals surface area (Å²) in [4.78, 5) is 3.92. The van der Waals surface area contributed by atoms with Gasteiger partial charge in [0.05, 0.1) is 0 Å². The average Bonchev–Trinajstić information content (AvgIpc) is 3.17. The molecule has 0 saturated carbocycles. The lowest BCUT2D eigenvalue weighted by molar-refractivity contribution is 0.219. The number of rotatable bonds is 5. The first-order valence-electron chi connectivity index (χ1n) is 6.72. The maximum atomic E-state index is 9.89. The van der Waals surface area contributed by atoms with Crippen molar-refractivity contribution >= 4 is 6.08 Å². The number of aromatic amines is 1. The van der Waals surface area contributed by atoms with E-state index in [0.29, 0.717) is 5.82 Å². The normalized spacial score (nSPS) is 12.8. The second-order valence-electron chi connectivity index (χ2n) is 4.78. The number of nitrogens with one attached hydrogen (secondary N) is 1. The Balaban J connectivity index is 1.65. The SMILES string of the molecule is OC(C=Cc1ccn(Cc2ccccc2)c1)c1ncn[nH]1. The van der Waals surface area contributed by atoms with Crippen LogP contribution in [0.15, 0.2) is 61.2 Å². The standard InChI is InChI=1S/C16H16N4O/c21-15(16-17-12-18-19-16)7-6-14-8-9-20(11-14)10-13-4-2-1-3-5-13/h1-9,11-12,15,21H,10H2,(H,17,18,19). The van der Waals surface area contributed by atoms with Gasteiger partial charge in [-0.05, 0) is 23.3 Å². The molecule has 0 spiro atoms. The lowest BCUT2D eigenvalue weighted by Gasteiger charge is -2.02. The molecule has 3 aromatic rings. The third-order valence-electron chi connectivity index (χ3n) is 3.17. The molecule has 0 radical (unpaired) electrons. The fourth-order valence-electron chi connectivity index (χ4n) is 2.10. The third kappa shape index (κ3) is 3.46. The molecule has 5 heteroatoms. The zero-order chi connectivity index (χ0) is 14.5. The maximum absolute atomic E-state index is 9.89. The third-order valence-corrected chi connectivity index (χ3v) is 3.17. The highest BCUT2D eigenvalue weighted by atomic mass is 16.3. The summed E-state index contributed by atoms with van der Waals surface area (Å²) in [5.41, 5.74) is 2.29. The lowest BCUT2D eigenvalue weighted by Crippen LogP contribution is -1.96. The van der Waals surface area contributed by atoms with Crippen molar-refractivity contribution in [3.63, 3.8) is 0 Å². The van der Waals surface area contributed by atoms with Gasteiger partial charge < -0.3 is 9.67 Å². The van der Waals surface area contributed by atoms with E-state index in [9.17, 15) is 5.11 Å². The summed E-state index contributed by atoms with van der Waals surface area (Å²) in [6, 6.07) is 12.3. The minimum atomic E-state index is -0.773. The van der Waals surface area contributed by atoms with Crippen LogP contribution in [0.4, 0.5) is 0 Å². The molecular formula is C16H16N4O. The van der Waals surface area contributed by atoms with Crippen LogP contribution in [0.25, 0.3) is 6.08 Å². The topological polar surface area (TPSA) is 66.7 Å². The van der Waals surface area contributed by atoms with Gasteiger partial charge in [0.15, 0.2) is 5.82 Å². The fraction of sp³-hybridized carbons (Fsp3) is 0.125. The summed E-state index contributed by atoms with van der Waals surface area (Å²) in [5.74, 6) is 0.440. The quantitative estimate of drug-likeness (QED) is 0.754. The van der Waals surface area contributed by atoms with Gasteiger partial charge in [-0.1, -0.05) is 36.4 Å². The second kappa shape index (κ2) is 6.19. The molecule has 0 aliphatic rings. The molecular weight excluding hydrogens is 264 g/mol. The Morgan fingerprint density at radius 1 is 1.24 bits per heavy atom. The molecule has 1 unspecified atom stereocenters. The highest BCUT2D eigenvalue weighted by Gasteiger charge is 2.05. The van der Waals surface area contributed by atoms with Crippen molar-refractivity contribution in [1.29, 1.82) is 0 Å². The predicted molar refractivity (Wildman–Crippen MR) is 80.4 cm³/mol. The Labute approximate surface area is 122 Å². The van der Waals surface area contributed by atoms with Crippen molar-refractivity contribution in [2.75, 3.05) is 0 Å². The van der Waals surface area contributed by atoms with Crippen LogP contribution in [-0.4, -0.2) is 24.9 Å². The van der Waals surface area contributed by atoms with Crippen LogP contribution >= 0.6 is 0 Å². The fourth-order valence-corrected chi connectivity index (χ4v) is 2.10. The van der Waals surface area contributed by atoms with Crippen molar-refractivity contribution < 1.29 is 5.11 Å². The Bertz CT molecular complexity index is 701. The number of hydrogen-bond acceptors (Lipinski definition) is 3. The number of hydrogen-bond donors (Lipinski definition) is 2. The van der Waals surface area contributed by atoms with Gasteiger partial charge >= 0.3 is 0 Å². The van der Waals surface area contributed by atoms with Gasteiger partial charge in [-0.25, -0.2) is 4.98 Å². The van der Waals surface area contributed by atoms with Gasteiger partial charge in [0.2, 0.25) is 0 Å². The summed E-state index contributed by atoms with van der Waals surface area (Å²) in [5, 5.41) is 16.2.